The number of aromatic nitrogens is 1. The van der Waals surface area contributed by atoms with E-state index in [2.05, 4.69) is 16.8 Å². The fourth-order valence-electron chi connectivity index (χ4n) is 6.31. The molecule has 26 heavy (non-hydrogen) atoms. The lowest BCUT2D eigenvalue weighted by Gasteiger charge is -2.57. The highest BCUT2D eigenvalue weighted by Crippen LogP contribution is 2.61. The third-order valence-electron chi connectivity index (χ3n) is 7.01. The van der Waals surface area contributed by atoms with Crippen LogP contribution in [0.5, 0.6) is 0 Å². The van der Waals surface area contributed by atoms with Gasteiger partial charge in [-0.05, 0) is 92.5 Å². The van der Waals surface area contributed by atoms with Gasteiger partial charge in [0.25, 0.3) is 0 Å². The lowest BCUT2D eigenvalue weighted by Crippen LogP contribution is -2.48. The first-order valence-corrected chi connectivity index (χ1v) is 10.9. The highest BCUT2D eigenvalue weighted by molar-refractivity contribution is 7.13. The smallest absolute Gasteiger partial charge is 0.127 e. The van der Waals surface area contributed by atoms with Crippen LogP contribution in [0.4, 0.5) is 4.39 Å². The van der Waals surface area contributed by atoms with E-state index in [9.17, 15) is 4.39 Å². The summed E-state index contributed by atoms with van der Waals surface area (Å²) in [5.74, 6) is 2.50. The molecule has 4 heteroatoms. The first-order chi connectivity index (χ1) is 12.6. The van der Waals surface area contributed by atoms with E-state index in [-0.39, 0.29) is 11.2 Å². The number of hydrogen-bond donors (Lipinski definition) is 1. The molecule has 4 aliphatic rings. The molecule has 4 aliphatic carbocycles. The predicted molar refractivity (Wildman–Crippen MR) is 105 cm³/mol. The summed E-state index contributed by atoms with van der Waals surface area (Å²) in [7, 11) is 1.96. The molecule has 1 aromatic heterocycles. The van der Waals surface area contributed by atoms with Crippen molar-refractivity contribution in [3.05, 3.63) is 40.7 Å². The molecule has 0 spiro atoms. The Kier molecular flexibility index (Phi) is 4.17. The molecule has 0 atom stereocenters. The average molecular weight is 371 g/mol. The topological polar surface area (TPSA) is 24.9 Å². The van der Waals surface area contributed by atoms with Crippen LogP contribution in [0.1, 0.15) is 49.8 Å². The molecule has 6 rings (SSSR count). The standard InChI is InChI=1S/C22H27FN2S/c1-24-5-4-18-13-26-21(25-18)17-2-3-20(23)19(9-17)22-10-14-6-15(11-22)8-16(7-14)12-22/h2-3,9,13-16,24H,4-8,10-12H2,1H3. The number of benzene rings is 1. The van der Waals surface area contributed by atoms with E-state index in [0.717, 1.165) is 52.5 Å². The minimum Gasteiger partial charge on any atom is -0.319 e. The van der Waals surface area contributed by atoms with Crippen molar-refractivity contribution < 1.29 is 4.39 Å². The number of nitrogens with zero attached hydrogens (tertiary/aromatic N) is 1. The first-order valence-electron chi connectivity index (χ1n) is 10.0. The summed E-state index contributed by atoms with van der Waals surface area (Å²) in [6.45, 7) is 0.936. The van der Waals surface area contributed by atoms with Gasteiger partial charge in [-0.1, -0.05) is 0 Å². The highest BCUT2D eigenvalue weighted by atomic mass is 32.1. The molecule has 2 nitrogen and oxygen atoms in total. The summed E-state index contributed by atoms with van der Waals surface area (Å²) < 4.78 is 14.9. The molecule has 0 radical (unpaired) electrons. The molecule has 2 aromatic rings. The van der Waals surface area contributed by atoms with Gasteiger partial charge in [0.1, 0.15) is 10.8 Å². The van der Waals surface area contributed by atoms with Crippen molar-refractivity contribution in [2.24, 2.45) is 17.8 Å². The van der Waals surface area contributed by atoms with Gasteiger partial charge in [-0.2, -0.15) is 0 Å². The van der Waals surface area contributed by atoms with Crippen LogP contribution in [-0.2, 0) is 11.8 Å². The van der Waals surface area contributed by atoms with Crippen molar-refractivity contribution in [1.82, 2.24) is 10.3 Å². The van der Waals surface area contributed by atoms with Crippen molar-refractivity contribution >= 4 is 11.3 Å². The third-order valence-corrected chi connectivity index (χ3v) is 7.95. The Bertz CT molecular complexity index is 777. The van der Waals surface area contributed by atoms with E-state index < -0.39 is 0 Å². The summed E-state index contributed by atoms with van der Waals surface area (Å²) >= 11 is 1.68. The number of nitrogens with one attached hydrogen (secondary N) is 1. The van der Waals surface area contributed by atoms with Gasteiger partial charge in [0.05, 0.1) is 5.69 Å². The normalized spacial score (nSPS) is 32.3. The van der Waals surface area contributed by atoms with Crippen LogP contribution in [0.15, 0.2) is 23.6 Å². The lowest BCUT2D eigenvalue weighted by atomic mass is 9.48. The van der Waals surface area contributed by atoms with Crippen molar-refractivity contribution in [3.8, 4) is 10.6 Å². The molecule has 4 saturated carbocycles. The van der Waals surface area contributed by atoms with Crippen LogP contribution in [0.25, 0.3) is 10.6 Å². The van der Waals surface area contributed by atoms with Crippen LogP contribution < -0.4 is 5.32 Å². The van der Waals surface area contributed by atoms with Gasteiger partial charge < -0.3 is 5.32 Å². The summed E-state index contributed by atoms with van der Waals surface area (Å²) in [5.41, 5.74) is 3.31. The molecule has 1 aromatic carbocycles. The van der Waals surface area contributed by atoms with Gasteiger partial charge in [-0.25, -0.2) is 9.37 Å². The number of rotatable bonds is 5. The molecule has 1 N–H and O–H groups in total. The zero-order valence-electron chi connectivity index (χ0n) is 15.4. The maximum absolute atomic E-state index is 14.9. The van der Waals surface area contributed by atoms with Crippen molar-refractivity contribution in [1.29, 1.82) is 0 Å². The Hall–Kier alpha value is -1.26. The van der Waals surface area contributed by atoms with Gasteiger partial charge in [0, 0.05) is 23.9 Å². The second-order valence-electron chi connectivity index (χ2n) is 8.89. The molecule has 0 aliphatic heterocycles. The van der Waals surface area contributed by atoms with E-state index >= 15 is 0 Å². The number of halogens is 1. The summed E-state index contributed by atoms with van der Waals surface area (Å²) in [6.07, 6.45) is 8.71. The van der Waals surface area contributed by atoms with Gasteiger partial charge in [0.15, 0.2) is 0 Å². The second kappa shape index (κ2) is 6.42. The zero-order chi connectivity index (χ0) is 17.7. The minimum absolute atomic E-state index is 0.00247. The lowest BCUT2D eigenvalue weighted by molar-refractivity contribution is -0.00672. The summed E-state index contributed by atoms with van der Waals surface area (Å²) in [6, 6.07) is 5.75. The van der Waals surface area contributed by atoms with E-state index in [1.54, 1.807) is 17.4 Å². The first kappa shape index (κ1) is 16.9. The van der Waals surface area contributed by atoms with Gasteiger partial charge >= 0.3 is 0 Å². The highest BCUT2D eigenvalue weighted by Gasteiger charge is 2.52. The van der Waals surface area contributed by atoms with Crippen molar-refractivity contribution in [3.63, 3.8) is 0 Å². The van der Waals surface area contributed by atoms with Crippen LogP contribution in [-0.4, -0.2) is 18.6 Å². The van der Waals surface area contributed by atoms with Crippen LogP contribution >= 0.6 is 11.3 Å². The zero-order valence-corrected chi connectivity index (χ0v) is 16.2. The molecule has 0 unspecified atom stereocenters. The third kappa shape index (κ3) is 2.82. The molecule has 4 fully saturated rings. The van der Waals surface area contributed by atoms with E-state index in [0.29, 0.717) is 0 Å². The van der Waals surface area contributed by atoms with E-state index in [4.69, 9.17) is 4.98 Å². The van der Waals surface area contributed by atoms with Crippen LogP contribution in [0, 0.1) is 23.6 Å². The average Bonchev–Trinajstić information content (AvgIpc) is 3.08. The maximum atomic E-state index is 14.9. The quantitative estimate of drug-likeness (QED) is 0.784. The number of thiazole rings is 1. The Morgan fingerprint density at radius 3 is 2.50 bits per heavy atom. The Morgan fingerprint density at radius 1 is 1.15 bits per heavy atom. The maximum Gasteiger partial charge on any atom is 0.127 e. The van der Waals surface area contributed by atoms with Crippen molar-refractivity contribution in [2.45, 2.75) is 50.4 Å². The monoisotopic (exact) mass is 370 g/mol. The molecular weight excluding hydrogens is 343 g/mol. The SMILES string of the molecule is CNCCc1csc(-c2ccc(F)c(C34CC5CC(CC(C5)C3)C4)c2)n1. The van der Waals surface area contributed by atoms with E-state index in [1.165, 1.54) is 38.5 Å². The molecule has 0 saturated heterocycles. The molecule has 0 amide bonds. The second-order valence-corrected chi connectivity index (χ2v) is 9.75. The number of hydrogen-bond acceptors (Lipinski definition) is 3. The molecule has 4 bridgehead atoms. The van der Waals surface area contributed by atoms with Crippen molar-refractivity contribution in [2.75, 3.05) is 13.6 Å². The molecule has 138 valence electrons. The summed E-state index contributed by atoms with van der Waals surface area (Å²) in [5, 5.41) is 6.34. The van der Waals surface area contributed by atoms with Crippen LogP contribution in [0.2, 0.25) is 0 Å². The van der Waals surface area contributed by atoms with Gasteiger partial charge in [0.2, 0.25) is 0 Å². The Labute approximate surface area is 159 Å². The summed E-state index contributed by atoms with van der Waals surface area (Å²) in [4.78, 5) is 4.79. The Balaban J connectivity index is 1.49. The fourth-order valence-corrected chi connectivity index (χ4v) is 7.16. The Morgan fingerprint density at radius 2 is 1.85 bits per heavy atom. The number of likely N-dealkylation sites (N-methyl/N-ethyl adjacent to an activating group) is 1. The fraction of sp³-hybridized carbons (Fsp3) is 0.591. The molecular formula is C22H27FN2S. The van der Waals surface area contributed by atoms with Gasteiger partial charge in [-0.3, -0.25) is 0 Å². The minimum atomic E-state index is 0.00247. The molecule has 1 heterocycles. The van der Waals surface area contributed by atoms with Gasteiger partial charge in [-0.15, -0.1) is 11.3 Å². The van der Waals surface area contributed by atoms with Crippen LogP contribution in [0.3, 0.4) is 0 Å². The predicted octanol–water partition coefficient (Wildman–Crippen LogP) is 5.18. The van der Waals surface area contributed by atoms with E-state index in [1.807, 2.05) is 13.1 Å². The largest absolute Gasteiger partial charge is 0.319 e.